The van der Waals surface area contributed by atoms with E-state index in [2.05, 4.69) is 0 Å². The first-order chi connectivity index (χ1) is 11.0. The number of aryl methyl sites for hydroxylation is 2. The molecule has 0 amide bonds. The fourth-order valence-electron chi connectivity index (χ4n) is 4.06. The second kappa shape index (κ2) is 4.65. The van der Waals surface area contributed by atoms with Crippen LogP contribution in [0.2, 0.25) is 0 Å². The molecule has 3 aromatic rings. The molecule has 0 saturated heterocycles. The Hall–Kier alpha value is -2.20. The van der Waals surface area contributed by atoms with Crippen LogP contribution in [0, 0.1) is 6.92 Å². The summed E-state index contributed by atoms with van der Waals surface area (Å²) >= 11 is 0. The van der Waals surface area contributed by atoms with Crippen molar-refractivity contribution in [3.05, 3.63) is 35.1 Å². The largest absolute Gasteiger partial charge is 0.504 e. The van der Waals surface area contributed by atoms with Crippen LogP contribution in [-0.2, 0) is 11.8 Å². The third kappa shape index (κ3) is 1.75. The molecule has 3 N–H and O–H groups in total. The SMILES string of the molecule is Cc1coc2c1c(O)c(O)c1c3c(ccc12)C(C)(CO)CCC3. The Labute approximate surface area is 134 Å². The zero-order chi connectivity index (χ0) is 16.4. The highest BCUT2D eigenvalue weighted by atomic mass is 16.3. The molecule has 4 rings (SSSR count). The lowest BCUT2D eigenvalue weighted by Crippen LogP contribution is -2.31. The summed E-state index contributed by atoms with van der Waals surface area (Å²) in [5.74, 6) is -0.209. The van der Waals surface area contributed by atoms with Gasteiger partial charge in [-0.05, 0) is 42.9 Å². The summed E-state index contributed by atoms with van der Waals surface area (Å²) in [6, 6.07) is 3.96. The van der Waals surface area contributed by atoms with E-state index in [0.717, 1.165) is 41.3 Å². The zero-order valence-corrected chi connectivity index (χ0v) is 13.3. The molecule has 1 heterocycles. The van der Waals surface area contributed by atoms with E-state index < -0.39 is 0 Å². The monoisotopic (exact) mass is 312 g/mol. The van der Waals surface area contributed by atoms with E-state index in [1.54, 1.807) is 6.26 Å². The second-order valence-corrected chi connectivity index (χ2v) is 6.91. The molecule has 4 nitrogen and oxygen atoms in total. The highest BCUT2D eigenvalue weighted by Gasteiger charge is 2.33. The minimum atomic E-state index is -0.308. The fourth-order valence-corrected chi connectivity index (χ4v) is 4.06. The van der Waals surface area contributed by atoms with Crippen molar-refractivity contribution < 1.29 is 19.7 Å². The van der Waals surface area contributed by atoms with Crippen molar-refractivity contribution in [1.82, 2.24) is 0 Å². The van der Waals surface area contributed by atoms with Crippen LogP contribution in [0.1, 0.15) is 36.5 Å². The standard InChI is InChI=1S/C19H20O4/c1-10-8-23-18-12-5-6-13-11(4-3-7-19(13,2)9-20)15(12)17(22)16(21)14(10)18/h5-6,8,20-22H,3-4,7,9H2,1-2H3. The second-order valence-electron chi connectivity index (χ2n) is 6.91. The van der Waals surface area contributed by atoms with E-state index in [-0.39, 0.29) is 23.5 Å². The van der Waals surface area contributed by atoms with E-state index in [1.807, 2.05) is 26.0 Å². The number of aliphatic hydroxyl groups is 1. The zero-order valence-electron chi connectivity index (χ0n) is 13.3. The number of hydrogen-bond donors (Lipinski definition) is 3. The summed E-state index contributed by atoms with van der Waals surface area (Å²) in [7, 11) is 0. The van der Waals surface area contributed by atoms with Gasteiger partial charge >= 0.3 is 0 Å². The molecule has 1 atom stereocenters. The molecule has 0 radical (unpaired) electrons. The van der Waals surface area contributed by atoms with Gasteiger partial charge in [0.05, 0.1) is 18.3 Å². The predicted molar refractivity (Wildman–Crippen MR) is 89.2 cm³/mol. The third-order valence-electron chi connectivity index (χ3n) is 5.38. The molecule has 23 heavy (non-hydrogen) atoms. The maximum Gasteiger partial charge on any atom is 0.169 e. The first-order valence-electron chi connectivity index (χ1n) is 7.96. The van der Waals surface area contributed by atoms with Gasteiger partial charge in [-0.1, -0.05) is 19.1 Å². The molecule has 0 aliphatic heterocycles. The van der Waals surface area contributed by atoms with Crippen LogP contribution in [0.5, 0.6) is 11.5 Å². The van der Waals surface area contributed by atoms with E-state index in [4.69, 9.17) is 4.42 Å². The average Bonchev–Trinajstić information content (AvgIpc) is 2.94. The number of fused-ring (bicyclic) bond motifs is 5. The van der Waals surface area contributed by atoms with Gasteiger partial charge in [-0.2, -0.15) is 0 Å². The van der Waals surface area contributed by atoms with Crippen molar-refractivity contribution in [3.8, 4) is 11.5 Å². The van der Waals surface area contributed by atoms with E-state index in [1.165, 1.54) is 0 Å². The molecule has 4 heteroatoms. The Morgan fingerprint density at radius 2 is 1.91 bits per heavy atom. The Kier molecular flexibility index (Phi) is 2.91. The minimum absolute atomic E-state index is 0.0698. The molecule has 0 fully saturated rings. The molecular weight excluding hydrogens is 292 g/mol. The molecule has 1 aromatic heterocycles. The lowest BCUT2D eigenvalue weighted by molar-refractivity contribution is 0.188. The Balaban J connectivity index is 2.19. The van der Waals surface area contributed by atoms with Crippen molar-refractivity contribution >= 4 is 21.7 Å². The summed E-state index contributed by atoms with van der Waals surface area (Å²) in [6.45, 7) is 3.96. The highest BCUT2D eigenvalue weighted by molar-refractivity contribution is 6.13. The molecule has 1 aliphatic rings. The Morgan fingerprint density at radius 1 is 1.17 bits per heavy atom. The normalized spacial score (nSPS) is 21.0. The van der Waals surface area contributed by atoms with Gasteiger partial charge in [-0.3, -0.25) is 0 Å². The summed E-state index contributed by atoms with van der Waals surface area (Å²) in [5, 5.41) is 33.0. The molecule has 1 aliphatic carbocycles. The van der Waals surface area contributed by atoms with E-state index >= 15 is 0 Å². The maximum absolute atomic E-state index is 10.6. The van der Waals surface area contributed by atoms with Crippen LogP contribution < -0.4 is 0 Å². The molecular formula is C19H20O4. The molecule has 120 valence electrons. The summed E-state index contributed by atoms with van der Waals surface area (Å²) in [6.07, 6.45) is 4.27. The smallest absolute Gasteiger partial charge is 0.169 e. The first-order valence-corrected chi connectivity index (χ1v) is 7.96. The summed E-state index contributed by atoms with van der Waals surface area (Å²) < 4.78 is 5.65. The van der Waals surface area contributed by atoms with Gasteiger partial charge in [-0.15, -0.1) is 0 Å². The average molecular weight is 312 g/mol. The Morgan fingerprint density at radius 3 is 2.65 bits per heavy atom. The number of rotatable bonds is 1. The Bertz CT molecular complexity index is 938. The number of benzene rings is 2. The summed E-state index contributed by atoms with van der Waals surface area (Å²) in [5.41, 5.74) is 3.15. The number of phenols is 2. The third-order valence-corrected chi connectivity index (χ3v) is 5.38. The van der Waals surface area contributed by atoms with Crippen LogP contribution in [-0.4, -0.2) is 21.9 Å². The van der Waals surface area contributed by atoms with Gasteiger partial charge in [0.15, 0.2) is 11.5 Å². The van der Waals surface area contributed by atoms with Crippen molar-refractivity contribution in [1.29, 1.82) is 0 Å². The van der Waals surface area contributed by atoms with Crippen LogP contribution in [0.15, 0.2) is 22.8 Å². The topological polar surface area (TPSA) is 73.8 Å². The van der Waals surface area contributed by atoms with Crippen molar-refractivity contribution in [3.63, 3.8) is 0 Å². The van der Waals surface area contributed by atoms with Gasteiger partial charge in [0.25, 0.3) is 0 Å². The molecule has 0 saturated carbocycles. The van der Waals surface area contributed by atoms with Crippen molar-refractivity contribution in [2.45, 2.75) is 38.5 Å². The maximum atomic E-state index is 10.6. The molecule has 1 unspecified atom stereocenters. The first kappa shape index (κ1) is 14.4. The quantitative estimate of drug-likeness (QED) is 0.596. The van der Waals surface area contributed by atoms with Gasteiger partial charge in [0, 0.05) is 16.2 Å². The van der Waals surface area contributed by atoms with E-state index in [0.29, 0.717) is 16.4 Å². The lowest BCUT2D eigenvalue weighted by atomic mass is 9.70. The predicted octanol–water partition coefficient (Wildman–Crippen LogP) is 3.89. The minimum Gasteiger partial charge on any atom is -0.504 e. The molecule has 0 spiro atoms. The fraction of sp³-hybridized carbons (Fsp3) is 0.368. The van der Waals surface area contributed by atoms with Crippen molar-refractivity contribution in [2.75, 3.05) is 6.61 Å². The van der Waals surface area contributed by atoms with Crippen LogP contribution in [0.25, 0.3) is 21.7 Å². The molecule has 0 bridgehead atoms. The number of aliphatic hydroxyl groups excluding tert-OH is 1. The number of aromatic hydroxyl groups is 2. The van der Waals surface area contributed by atoms with Gasteiger partial charge in [-0.25, -0.2) is 0 Å². The van der Waals surface area contributed by atoms with Crippen molar-refractivity contribution in [2.24, 2.45) is 0 Å². The number of phenolic OH excluding ortho intramolecular Hbond substituents is 2. The number of furan rings is 1. The van der Waals surface area contributed by atoms with Crippen LogP contribution in [0.4, 0.5) is 0 Å². The van der Waals surface area contributed by atoms with Crippen LogP contribution >= 0.6 is 0 Å². The highest BCUT2D eigenvalue weighted by Crippen LogP contribution is 2.49. The van der Waals surface area contributed by atoms with Gasteiger partial charge in [0.1, 0.15) is 5.58 Å². The van der Waals surface area contributed by atoms with E-state index in [9.17, 15) is 15.3 Å². The molecule has 2 aromatic carbocycles. The number of hydrogen-bond acceptors (Lipinski definition) is 4. The lowest BCUT2D eigenvalue weighted by Gasteiger charge is -2.35. The van der Waals surface area contributed by atoms with Gasteiger partial charge < -0.3 is 19.7 Å². The van der Waals surface area contributed by atoms with Crippen LogP contribution in [0.3, 0.4) is 0 Å². The summed E-state index contributed by atoms with van der Waals surface area (Å²) in [4.78, 5) is 0. The van der Waals surface area contributed by atoms with Gasteiger partial charge in [0.2, 0.25) is 0 Å².